The predicted molar refractivity (Wildman–Crippen MR) is 78.9 cm³/mol. The standard InChI is InChI=1S/C14H20FN3S/c1-19-13-7-6-11(15)8-10(13)9-17-14(16)18-12-4-2-3-5-12/h6-8,12H,2-5,9H2,1H3,(H3,16,17,18). The van der Waals surface area contributed by atoms with E-state index in [1.807, 2.05) is 6.26 Å². The van der Waals surface area contributed by atoms with Crippen LogP contribution in [0.1, 0.15) is 31.2 Å². The molecule has 0 amide bonds. The Bertz CT molecular complexity index is 456. The number of aliphatic imine (C=N–C) groups is 1. The number of benzene rings is 1. The van der Waals surface area contributed by atoms with Gasteiger partial charge in [-0.2, -0.15) is 0 Å². The molecule has 3 nitrogen and oxygen atoms in total. The Morgan fingerprint density at radius 2 is 2.21 bits per heavy atom. The van der Waals surface area contributed by atoms with E-state index in [9.17, 15) is 4.39 Å². The van der Waals surface area contributed by atoms with Gasteiger partial charge in [-0.25, -0.2) is 9.38 Å². The molecule has 0 spiro atoms. The zero-order valence-electron chi connectivity index (χ0n) is 11.2. The lowest BCUT2D eigenvalue weighted by atomic mass is 10.2. The molecule has 104 valence electrons. The van der Waals surface area contributed by atoms with E-state index in [2.05, 4.69) is 10.3 Å². The van der Waals surface area contributed by atoms with E-state index in [0.717, 1.165) is 23.3 Å². The number of hydrogen-bond acceptors (Lipinski definition) is 2. The van der Waals surface area contributed by atoms with Crippen molar-refractivity contribution < 1.29 is 4.39 Å². The third kappa shape index (κ3) is 4.13. The molecular weight excluding hydrogens is 261 g/mol. The zero-order chi connectivity index (χ0) is 13.7. The van der Waals surface area contributed by atoms with Crippen molar-refractivity contribution in [2.45, 2.75) is 43.2 Å². The first kappa shape index (κ1) is 14.2. The largest absolute Gasteiger partial charge is 0.370 e. The molecule has 1 aromatic carbocycles. The predicted octanol–water partition coefficient (Wildman–Crippen LogP) is 2.89. The van der Waals surface area contributed by atoms with Crippen LogP contribution in [0.15, 0.2) is 28.1 Å². The van der Waals surface area contributed by atoms with E-state index in [4.69, 9.17) is 5.73 Å². The fourth-order valence-electron chi connectivity index (χ4n) is 2.37. The minimum Gasteiger partial charge on any atom is -0.370 e. The third-order valence-electron chi connectivity index (χ3n) is 3.37. The minimum atomic E-state index is -0.231. The molecule has 0 bridgehead atoms. The van der Waals surface area contributed by atoms with E-state index in [-0.39, 0.29) is 5.82 Å². The normalized spacial score (nSPS) is 16.8. The van der Waals surface area contributed by atoms with Crippen molar-refractivity contribution in [2.75, 3.05) is 6.26 Å². The van der Waals surface area contributed by atoms with Gasteiger partial charge in [0, 0.05) is 10.9 Å². The molecule has 0 aliphatic heterocycles. The number of thioether (sulfide) groups is 1. The van der Waals surface area contributed by atoms with Gasteiger partial charge in [-0.3, -0.25) is 0 Å². The van der Waals surface area contributed by atoms with Gasteiger partial charge in [-0.05, 0) is 42.9 Å². The Hall–Kier alpha value is -1.23. The summed E-state index contributed by atoms with van der Waals surface area (Å²) in [5, 5.41) is 3.23. The summed E-state index contributed by atoms with van der Waals surface area (Å²) < 4.78 is 13.2. The van der Waals surface area contributed by atoms with Crippen LogP contribution in [0.2, 0.25) is 0 Å². The summed E-state index contributed by atoms with van der Waals surface area (Å²) in [5.41, 5.74) is 6.75. The van der Waals surface area contributed by atoms with Gasteiger partial charge in [-0.1, -0.05) is 12.8 Å². The van der Waals surface area contributed by atoms with Gasteiger partial charge >= 0.3 is 0 Å². The van der Waals surface area contributed by atoms with Gasteiger partial charge in [-0.15, -0.1) is 11.8 Å². The molecule has 1 aromatic rings. The average molecular weight is 281 g/mol. The molecule has 5 heteroatoms. The molecule has 1 aliphatic carbocycles. The number of nitrogens with two attached hydrogens (primary N) is 1. The lowest BCUT2D eigenvalue weighted by Crippen LogP contribution is -2.38. The number of guanidine groups is 1. The smallest absolute Gasteiger partial charge is 0.189 e. The molecule has 0 atom stereocenters. The van der Waals surface area contributed by atoms with Crippen molar-refractivity contribution >= 4 is 17.7 Å². The van der Waals surface area contributed by atoms with E-state index < -0.39 is 0 Å². The first-order valence-electron chi connectivity index (χ1n) is 6.58. The molecule has 19 heavy (non-hydrogen) atoms. The van der Waals surface area contributed by atoms with Crippen molar-refractivity contribution in [2.24, 2.45) is 10.7 Å². The maximum absolute atomic E-state index is 13.2. The molecule has 2 rings (SSSR count). The highest BCUT2D eigenvalue weighted by Gasteiger charge is 2.14. The molecule has 1 fully saturated rings. The van der Waals surface area contributed by atoms with Crippen LogP contribution in [0.3, 0.4) is 0 Å². The van der Waals surface area contributed by atoms with Gasteiger partial charge in [0.05, 0.1) is 6.54 Å². The SMILES string of the molecule is CSc1ccc(F)cc1CN=C(N)NC1CCCC1. The number of rotatable bonds is 4. The van der Waals surface area contributed by atoms with Crippen LogP contribution in [0.4, 0.5) is 4.39 Å². The van der Waals surface area contributed by atoms with Crippen LogP contribution in [0.25, 0.3) is 0 Å². The lowest BCUT2D eigenvalue weighted by Gasteiger charge is -2.12. The number of nitrogens with one attached hydrogen (secondary N) is 1. The second-order valence-corrected chi connectivity index (χ2v) is 5.63. The average Bonchev–Trinajstić information content (AvgIpc) is 2.89. The van der Waals surface area contributed by atoms with Crippen LogP contribution < -0.4 is 11.1 Å². The van der Waals surface area contributed by atoms with Crippen molar-refractivity contribution in [3.8, 4) is 0 Å². The zero-order valence-corrected chi connectivity index (χ0v) is 12.0. The first-order valence-corrected chi connectivity index (χ1v) is 7.80. The Kier molecular flexibility index (Phi) is 5.07. The van der Waals surface area contributed by atoms with Crippen LogP contribution in [-0.2, 0) is 6.54 Å². The summed E-state index contributed by atoms with van der Waals surface area (Å²) in [6, 6.07) is 5.24. The van der Waals surface area contributed by atoms with Crippen molar-refractivity contribution in [3.05, 3.63) is 29.6 Å². The number of halogens is 1. The fourth-order valence-corrected chi connectivity index (χ4v) is 2.96. The van der Waals surface area contributed by atoms with Crippen LogP contribution in [0.5, 0.6) is 0 Å². The van der Waals surface area contributed by atoms with Gasteiger partial charge in [0.1, 0.15) is 5.82 Å². The summed E-state index contributed by atoms with van der Waals surface area (Å²) in [7, 11) is 0. The van der Waals surface area contributed by atoms with Gasteiger partial charge in [0.25, 0.3) is 0 Å². The highest BCUT2D eigenvalue weighted by atomic mass is 32.2. The number of hydrogen-bond donors (Lipinski definition) is 2. The quantitative estimate of drug-likeness (QED) is 0.507. The molecule has 3 N–H and O–H groups in total. The molecule has 0 radical (unpaired) electrons. The highest BCUT2D eigenvalue weighted by molar-refractivity contribution is 7.98. The van der Waals surface area contributed by atoms with Gasteiger partial charge in [0.2, 0.25) is 0 Å². The Morgan fingerprint density at radius 1 is 1.47 bits per heavy atom. The maximum atomic E-state index is 13.2. The monoisotopic (exact) mass is 281 g/mol. The van der Waals surface area contributed by atoms with Crippen molar-refractivity contribution in [3.63, 3.8) is 0 Å². The first-order chi connectivity index (χ1) is 9.19. The third-order valence-corrected chi connectivity index (χ3v) is 4.21. The topological polar surface area (TPSA) is 50.4 Å². The van der Waals surface area contributed by atoms with Crippen molar-refractivity contribution in [1.82, 2.24) is 5.32 Å². The van der Waals surface area contributed by atoms with Gasteiger partial charge < -0.3 is 11.1 Å². The molecule has 1 aliphatic rings. The summed E-state index contributed by atoms with van der Waals surface area (Å²) in [5.74, 6) is 0.230. The summed E-state index contributed by atoms with van der Waals surface area (Å²) in [6.07, 6.45) is 6.80. The molecule has 0 unspecified atom stereocenters. The Balaban J connectivity index is 1.98. The fraction of sp³-hybridized carbons (Fsp3) is 0.500. The summed E-state index contributed by atoms with van der Waals surface area (Å²) in [4.78, 5) is 5.35. The van der Waals surface area contributed by atoms with Crippen molar-refractivity contribution in [1.29, 1.82) is 0 Å². The van der Waals surface area contributed by atoms with E-state index in [1.165, 1.54) is 25.0 Å². The Morgan fingerprint density at radius 3 is 2.89 bits per heavy atom. The lowest BCUT2D eigenvalue weighted by molar-refractivity contribution is 0.620. The van der Waals surface area contributed by atoms with Crippen LogP contribution >= 0.6 is 11.8 Å². The van der Waals surface area contributed by atoms with Gasteiger partial charge in [0.15, 0.2) is 5.96 Å². The summed E-state index contributed by atoms with van der Waals surface area (Å²) >= 11 is 1.59. The minimum absolute atomic E-state index is 0.231. The number of nitrogens with zero attached hydrogens (tertiary/aromatic N) is 1. The molecule has 0 heterocycles. The van der Waals surface area contributed by atoms with Crippen LogP contribution in [0, 0.1) is 5.82 Å². The molecular formula is C14H20FN3S. The summed E-state index contributed by atoms with van der Waals surface area (Å²) in [6.45, 7) is 0.416. The molecule has 0 aromatic heterocycles. The second kappa shape index (κ2) is 6.80. The maximum Gasteiger partial charge on any atom is 0.189 e. The molecule has 0 saturated heterocycles. The second-order valence-electron chi connectivity index (χ2n) is 4.78. The van der Waals surface area contributed by atoms with Crippen LogP contribution in [-0.4, -0.2) is 18.3 Å². The molecule has 1 saturated carbocycles. The Labute approximate surface area is 117 Å². The van der Waals surface area contributed by atoms with E-state index in [1.54, 1.807) is 17.8 Å². The van der Waals surface area contributed by atoms with E-state index in [0.29, 0.717) is 18.5 Å². The highest BCUT2D eigenvalue weighted by Crippen LogP contribution is 2.22. The van der Waals surface area contributed by atoms with E-state index >= 15 is 0 Å².